The number of carbonyl (C=O) groups excluding carboxylic acids is 1. The maximum Gasteiger partial charge on any atom is 0.234 e. The summed E-state index contributed by atoms with van der Waals surface area (Å²) in [6, 6.07) is 0.0315. The van der Waals surface area contributed by atoms with Gasteiger partial charge in [0.1, 0.15) is 5.92 Å². The van der Waals surface area contributed by atoms with Crippen LogP contribution in [0.1, 0.15) is 20.8 Å². The lowest BCUT2D eigenvalue weighted by Gasteiger charge is -2.36. The maximum atomic E-state index is 12.3. The second-order valence-electron chi connectivity index (χ2n) is 4.70. The van der Waals surface area contributed by atoms with E-state index in [0.717, 1.165) is 0 Å². The molecule has 1 heterocycles. The van der Waals surface area contributed by atoms with Crippen LogP contribution in [0, 0.1) is 11.8 Å². The van der Waals surface area contributed by atoms with Crippen LogP contribution in [0.25, 0.3) is 0 Å². The molecular weight excluding hydrogens is 222 g/mol. The van der Waals surface area contributed by atoms with Gasteiger partial charge in [-0.15, -0.1) is 0 Å². The Morgan fingerprint density at radius 1 is 1.59 bits per heavy atom. The number of amidine groups is 1. The van der Waals surface area contributed by atoms with Crippen molar-refractivity contribution < 1.29 is 14.7 Å². The minimum absolute atomic E-state index is 0.00607. The molecule has 0 aromatic heterocycles. The molecule has 0 aromatic carbocycles. The van der Waals surface area contributed by atoms with Gasteiger partial charge in [0.15, 0.2) is 5.84 Å². The topological polar surface area (TPSA) is 88.2 Å². The van der Waals surface area contributed by atoms with Crippen molar-refractivity contribution in [1.29, 1.82) is 0 Å². The molecule has 6 heteroatoms. The molecule has 6 nitrogen and oxygen atoms in total. The fourth-order valence-corrected chi connectivity index (χ4v) is 2.05. The van der Waals surface area contributed by atoms with Crippen molar-refractivity contribution >= 4 is 11.7 Å². The molecule has 0 radical (unpaired) electrons. The van der Waals surface area contributed by atoms with Crippen LogP contribution in [0.15, 0.2) is 5.16 Å². The summed E-state index contributed by atoms with van der Waals surface area (Å²) in [7, 11) is 0. The van der Waals surface area contributed by atoms with Gasteiger partial charge in [0.2, 0.25) is 5.91 Å². The minimum Gasteiger partial charge on any atom is -0.409 e. The Morgan fingerprint density at radius 2 is 2.24 bits per heavy atom. The average molecular weight is 243 g/mol. The van der Waals surface area contributed by atoms with Crippen LogP contribution in [0.3, 0.4) is 0 Å². The van der Waals surface area contributed by atoms with Gasteiger partial charge in [-0.1, -0.05) is 19.0 Å². The number of rotatable bonds is 3. The Hall–Kier alpha value is -1.30. The Kier molecular flexibility index (Phi) is 4.74. The van der Waals surface area contributed by atoms with E-state index in [4.69, 9.17) is 15.7 Å². The van der Waals surface area contributed by atoms with E-state index in [9.17, 15) is 4.79 Å². The van der Waals surface area contributed by atoms with E-state index in [-0.39, 0.29) is 23.7 Å². The SMILES string of the molecule is CC(C)C(C(=O)N1CCOCC1C)/C(N)=N/O. The summed E-state index contributed by atoms with van der Waals surface area (Å²) >= 11 is 0. The lowest BCUT2D eigenvalue weighted by atomic mass is 9.92. The molecule has 98 valence electrons. The summed E-state index contributed by atoms with van der Waals surface area (Å²) in [6.07, 6.45) is 0. The third-order valence-electron chi connectivity index (χ3n) is 3.02. The van der Waals surface area contributed by atoms with Crippen molar-refractivity contribution in [2.75, 3.05) is 19.8 Å². The first-order chi connectivity index (χ1) is 7.99. The first-order valence-corrected chi connectivity index (χ1v) is 5.84. The zero-order valence-corrected chi connectivity index (χ0v) is 10.6. The molecule has 3 N–H and O–H groups in total. The Bertz CT molecular complexity index is 304. The van der Waals surface area contributed by atoms with Gasteiger partial charge in [-0.25, -0.2) is 0 Å². The molecule has 0 aliphatic carbocycles. The number of morpholine rings is 1. The fourth-order valence-electron chi connectivity index (χ4n) is 2.05. The minimum atomic E-state index is -0.569. The van der Waals surface area contributed by atoms with Crippen molar-refractivity contribution in [3.63, 3.8) is 0 Å². The molecule has 1 saturated heterocycles. The van der Waals surface area contributed by atoms with E-state index in [2.05, 4.69) is 5.16 Å². The number of hydrogen-bond acceptors (Lipinski definition) is 4. The summed E-state index contributed by atoms with van der Waals surface area (Å²) in [5.74, 6) is -0.691. The standard InChI is InChI=1S/C11H21N3O3/c1-7(2)9(10(12)13-16)11(15)14-4-5-17-6-8(14)3/h7-9,16H,4-6H2,1-3H3,(H2,12,13). The average Bonchev–Trinajstić information content (AvgIpc) is 2.28. The van der Waals surface area contributed by atoms with E-state index >= 15 is 0 Å². The number of nitrogens with two attached hydrogens (primary N) is 1. The van der Waals surface area contributed by atoms with Gasteiger partial charge in [0.25, 0.3) is 0 Å². The number of nitrogens with zero attached hydrogens (tertiary/aromatic N) is 2. The molecule has 1 rings (SSSR count). The van der Waals surface area contributed by atoms with Crippen LogP contribution in [0.5, 0.6) is 0 Å². The molecule has 1 aliphatic rings. The molecule has 2 atom stereocenters. The van der Waals surface area contributed by atoms with Crippen LogP contribution >= 0.6 is 0 Å². The molecule has 0 saturated carbocycles. The molecule has 17 heavy (non-hydrogen) atoms. The lowest BCUT2D eigenvalue weighted by molar-refractivity contribution is -0.142. The van der Waals surface area contributed by atoms with Crippen molar-refractivity contribution in [1.82, 2.24) is 4.90 Å². The third-order valence-corrected chi connectivity index (χ3v) is 3.02. The van der Waals surface area contributed by atoms with Crippen molar-refractivity contribution in [3.05, 3.63) is 0 Å². The van der Waals surface area contributed by atoms with E-state index < -0.39 is 5.92 Å². The quantitative estimate of drug-likeness (QED) is 0.322. The van der Waals surface area contributed by atoms with Crippen molar-refractivity contribution in [2.45, 2.75) is 26.8 Å². The van der Waals surface area contributed by atoms with Gasteiger partial charge >= 0.3 is 0 Å². The first-order valence-electron chi connectivity index (χ1n) is 5.84. The van der Waals surface area contributed by atoms with E-state index in [1.165, 1.54) is 0 Å². The van der Waals surface area contributed by atoms with Crippen LogP contribution in [-0.2, 0) is 9.53 Å². The maximum absolute atomic E-state index is 12.3. The molecule has 1 amide bonds. The van der Waals surface area contributed by atoms with E-state index in [1.807, 2.05) is 20.8 Å². The normalized spacial score (nSPS) is 23.9. The number of oxime groups is 1. The molecule has 1 fully saturated rings. The smallest absolute Gasteiger partial charge is 0.234 e. The Balaban J connectivity index is 2.84. The predicted octanol–water partition coefficient (Wildman–Crippen LogP) is 0.252. The summed E-state index contributed by atoms with van der Waals surface area (Å²) in [5, 5.41) is 11.7. The number of amides is 1. The zero-order chi connectivity index (χ0) is 13.0. The molecule has 0 aromatic rings. The van der Waals surface area contributed by atoms with Gasteiger partial charge in [-0.2, -0.15) is 0 Å². The van der Waals surface area contributed by atoms with Gasteiger partial charge in [0, 0.05) is 6.54 Å². The molecule has 0 spiro atoms. The fraction of sp³-hybridized carbons (Fsp3) is 0.818. The third kappa shape index (κ3) is 3.09. The molecule has 0 bridgehead atoms. The van der Waals surface area contributed by atoms with E-state index in [1.54, 1.807) is 4.90 Å². The summed E-state index contributed by atoms with van der Waals surface area (Å²) < 4.78 is 5.28. The lowest BCUT2D eigenvalue weighted by Crippen LogP contribution is -2.52. The second-order valence-corrected chi connectivity index (χ2v) is 4.70. The highest BCUT2D eigenvalue weighted by Gasteiger charge is 2.34. The molecular formula is C11H21N3O3. The number of carbonyl (C=O) groups is 1. The van der Waals surface area contributed by atoms with Crippen molar-refractivity contribution in [3.8, 4) is 0 Å². The van der Waals surface area contributed by atoms with Crippen LogP contribution in [0.4, 0.5) is 0 Å². The summed E-state index contributed by atoms with van der Waals surface area (Å²) in [4.78, 5) is 14.1. The van der Waals surface area contributed by atoms with Crippen LogP contribution in [-0.4, -0.2) is 47.7 Å². The first kappa shape index (κ1) is 13.8. The molecule has 2 unspecified atom stereocenters. The Labute approximate surface area is 101 Å². The summed E-state index contributed by atoms with van der Waals surface area (Å²) in [5.41, 5.74) is 5.59. The summed E-state index contributed by atoms with van der Waals surface area (Å²) in [6.45, 7) is 7.32. The largest absolute Gasteiger partial charge is 0.409 e. The van der Waals surface area contributed by atoms with Gasteiger partial charge in [-0.05, 0) is 12.8 Å². The zero-order valence-electron chi connectivity index (χ0n) is 10.6. The van der Waals surface area contributed by atoms with Gasteiger partial charge in [-0.3, -0.25) is 4.79 Å². The van der Waals surface area contributed by atoms with Crippen molar-refractivity contribution in [2.24, 2.45) is 22.7 Å². The monoisotopic (exact) mass is 243 g/mol. The predicted molar refractivity (Wildman–Crippen MR) is 63.7 cm³/mol. The Morgan fingerprint density at radius 3 is 2.71 bits per heavy atom. The van der Waals surface area contributed by atoms with Crippen LogP contribution in [0.2, 0.25) is 0 Å². The highest BCUT2D eigenvalue weighted by atomic mass is 16.5. The highest BCUT2D eigenvalue weighted by Crippen LogP contribution is 2.18. The second kappa shape index (κ2) is 5.86. The molecule has 1 aliphatic heterocycles. The van der Waals surface area contributed by atoms with Gasteiger partial charge in [0.05, 0.1) is 19.3 Å². The number of hydrogen-bond donors (Lipinski definition) is 2. The highest BCUT2D eigenvalue weighted by molar-refractivity contribution is 6.02. The van der Waals surface area contributed by atoms with E-state index in [0.29, 0.717) is 19.8 Å². The van der Waals surface area contributed by atoms with Gasteiger partial charge < -0.3 is 20.6 Å². The van der Waals surface area contributed by atoms with Crippen LogP contribution < -0.4 is 5.73 Å². The number of ether oxygens (including phenoxy) is 1.